The number of likely N-dealkylation sites (N-methyl/N-ethyl adjacent to an activating group) is 1. The normalized spacial score (nSPS) is 28.6. The third-order valence-electron chi connectivity index (χ3n) is 8.83. The maximum Gasteiger partial charge on any atom is 0.328 e. The maximum absolute atomic E-state index is 13.3. The molecular formula is C31H42N2O6. The van der Waals surface area contributed by atoms with Crippen LogP contribution >= 0.6 is 0 Å². The van der Waals surface area contributed by atoms with Crippen molar-refractivity contribution in [2.24, 2.45) is 17.8 Å². The van der Waals surface area contributed by atoms with Crippen LogP contribution in [0.2, 0.25) is 0 Å². The highest BCUT2D eigenvalue weighted by atomic mass is 16.5. The van der Waals surface area contributed by atoms with Crippen LogP contribution in [0, 0.1) is 17.8 Å². The highest BCUT2D eigenvalue weighted by Crippen LogP contribution is 2.46. The van der Waals surface area contributed by atoms with Gasteiger partial charge >= 0.3 is 17.9 Å². The molecule has 2 N–H and O–H groups in total. The van der Waals surface area contributed by atoms with Crippen LogP contribution in [0.1, 0.15) is 76.5 Å². The number of piperidine rings is 1. The second-order valence-corrected chi connectivity index (χ2v) is 11.9. The molecule has 212 valence electrons. The van der Waals surface area contributed by atoms with E-state index in [-0.39, 0.29) is 18.0 Å². The summed E-state index contributed by atoms with van der Waals surface area (Å²) in [6.45, 7) is 9.82. The van der Waals surface area contributed by atoms with Crippen molar-refractivity contribution in [3.8, 4) is 0 Å². The van der Waals surface area contributed by atoms with Gasteiger partial charge < -0.3 is 24.4 Å². The summed E-state index contributed by atoms with van der Waals surface area (Å²) < 4.78 is 8.61. The zero-order valence-corrected chi connectivity index (χ0v) is 23.7. The SMILES string of the molecule is CC1CCCC(C)C1OC(=O)[C@@H]1CC2c3cccc4c3c(cn4C(C)C)CC2N(C)C1.O=C(O)/C=C\C(=O)O. The number of aliphatic carboxylic acids is 2. The van der Waals surface area contributed by atoms with E-state index in [2.05, 4.69) is 68.6 Å². The molecule has 1 saturated heterocycles. The summed E-state index contributed by atoms with van der Waals surface area (Å²) in [5.41, 5.74) is 4.25. The van der Waals surface area contributed by atoms with Crippen LogP contribution in [0.4, 0.5) is 0 Å². The number of benzene rings is 1. The van der Waals surface area contributed by atoms with Crippen LogP contribution in [0.15, 0.2) is 36.5 Å². The smallest absolute Gasteiger partial charge is 0.328 e. The molecular weight excluding hydrogens is 496 g/mol. The van der Waals surface area contributed by atoms with E-state index < -0.39 is 11.9 Å². The fraction of sp³-hybridized carbons (Fsp3) is 0.581. The van der Waals surface area contributed by atoms with Gasteiger partial charge in [-0.3, -0.25) is 4.79 Å². The first-order chi connectivity index (χ1) is 18.5. The number of carboxylic acid groups (broad SMARTS) is 2. The molecule has 2 heterocycles. The van der Waals surface area contributed by atoms with Crippen molar-refractivity contribution in [2.75, 3.05) is 13.6 Å². The molecule has 2 aromatic rings. The Balaban J connectivity index is 0.000000386. The fourth-order valence-electron chi connectivity index (χ4n) is 6.93. The van der Waals surface area contributed by atoms with Crippen molar-refractivity contribution in [1.29, 1.82) is 0 Å². The first-order valence-electron chi connectivity index (χ1n) is 14.1. The summed E-state index contributed by atoms with van der Waals surface area (Å²) in [5.74, 6) is -1.16. The molecule has 1 saturated carbocycles. The quantitative estimate of drug-likeness (QED) is 0.395. The maximum atomic E-state index is 13.3. The number of aromatic nitrogens is 1. The average molecular weight is 539 g/mol. The van der Waals surface area contributed by atoms with Gasteiger partial charge in [-0.15, -0.1) is 0 Å². The van der Waals surface area contributed by atoms with Gasteiger partial charge in [-0.05, 0) is 75.6 Å². The third kappa shape index (κ3) is 6.21. The lowest BCUT2D eigenvalue weighted by molar-refractivity contribution is -0.164. The van der Waals surface area contributed by atoms with E-state index in [1.54, 1.807) is 0 Å². The number of carbonyl (C=O) groups is 3. The minimum absolute atomic E-state index is 0.0310. The first kappa shape index (κ1) is 28.9. The number of nitrogens with zero attached hydrogens (tertiary/aromatic N) is 2. The highest BCUT2D eigenvalue weighted by molar-refractivity contribution is 5.90. The van der Waals surface area contributed by atoms with E-state index in [9.17, 15) is 14.4 Å². The lowest BCUT2D eigenvalue weighted by Gasteiger charge is -2.45. The molecule has 0 spiro atoms. The van der Waals surface area contributed by atoms with Gasteiger partial charge in [-0.25, -0.2) is 9.59 Å². The van der Waals surface area contributed by atoms with Gasteiger partial charge in [0.2, 0.25) is 0 Å². The summed E-state index contributed by atoms with van der Waals surface area (Å²) in [7, 11) is 2.20. The Morgan fingerprint density at radius 3 is 2.28 bits per heavy atom. The summed E-state index contributed by atoms with van der Waals surface area (Å²) in [6, 6.07) is 7.69. The van der Waals surface area contributed by atoms with Gasteiger partial charge in [0, 0.05) is 53.8 Å². The Hall–Kier alpha value is -3.13. The molecule has 1 aromatic carbocycles. The average Bonchev–Trinajstić information content (AvgIpc) is 3.26. The minimum atomic E-state index is -1.26. The van der Waals surface area contributed by atoms with Crippen LogP contribution in [-0.4, -0.2) is 63.3 Å². The largest absolute Gasteiger partial charge is 0.478 e. The molecule has 8 heteroatoms. The molecule has 2 aliphatic carbocycles. The van der Waals surface area contributed by atoms with Crippen LogP contribution in [-0.2, 0) is 25.5 Å². The Labute approximate surface area is 230 Å². The summed E-state index contributed by atoms with van der Waals surface area (Å²) in [4.78, 5) is 34.8. The zero-order chi connectivity index (χ0) is 28.4. The van der Waals surface area contributed by atoms with Gasteiger partial charge in [0.1, 0.15) is 6.10 Å². The number of carbonyl (C=O) groups excluding carboxylic acids is 1. The number of rotatable bonds is 5. The van der Waals surface area contributed by atoms with E-state index in [1.807, 2.05) is 0 Å². The van der Waals surface area contributed by atoms with Crippen LogP contribution in [0.3, 0.4) is 0 Å². The molecule has 5 atom stereocenters. The molecule has 39 heavy (non-hydrogen) atoms. The van der Waals surface area contributed by atoms with Gasteiger partial charge in [0.15, 0.2) is 0 Å². The van der Waals surface area contributed by atoms with Gasteiger partial charge in [0.05, 0.1) is 5.92 Å². The van der Waals surface area contributed by atoms with E-state index in [4.69, 9.17) is 14.9 Å². The predicted octanol–water partition coefficient (Wildman–Crippen LogP) is 5.26. The second-order valence-electron chi connectivity index (χ2n) is 11.9. The van der Waals surface area contributed by atoms with E-state index in [1.165, 1.54) is 41.3 Å². The van der Waals surface area contributed by atoms with E-state index >= 15 is 0 Å². The second kappa shape index (κ2) is 11.9. The number of ether oxygens (including phenoxy) is 1. The minimum Gasteiger partial charge on any atom is -0.478 e. The Bertz CT molecular complexity index is 1220. The highest BCUT2D eigenvalue weighted by Gasteiger charge is 2.43. The van der Waals surface area contributed by atoms with E-state index in [0.29, 0.717) is 42.0 Å². The molecule has 2 fully saturated rings. The monoisotopic (exact) mass is 538 g/mol. The third-order valence-corrected chi connectivity index (χ3v) is 8.83. The molecule has 1 aliphatic heterocycles. The van der Waals surface area contributed by atoms with Gasteiger partial charge in [-0.1, -0.05) is 32.4 Å². The zero-order valence-electron chi connectivity index (χ0n) is 23.7. The Kier molecular flexibility index (Phi) is 8.84. The number of carboxylic acids is 2. The number of hydrogen-bond acceptors (Lipinski definition) is 5. The molecule has 0 bridgehead atoms. The first-order valence-corrected chi connectivity index (χ1v) is 14.1. The van der Waals surface area contributed by atoms with Crippen molar-refractivity contribution >= 4 is 28.8 Å². The predicted molar refractivity (Wildman–Crippen MR) is 150 cm³/mol. The molecule has 8 nitrogen and oxygen atoms in total. The summed E-state index contributed by atoms with van der Waals surface area (Å²) >= 11 is 0. The molecule has 0 amide bonds. The lowest BCUT2D eigenvalue weighted by atomic mass is 9.72. The number of hydrogen-bond donors (Lipinski definition) is 2. The van der Waals surface area contributed by atoms with Gasteiger partial charge in [-0.2, -0.15) is 0 Å². The molecule has 1 aromatic heterocycles. The van der Waals surface area contributed by atoms with Crippen LogP contribution in [0.5, 0.6) is 0 Å². The molecule has 5 rings (SSSR count). The van der Waals surface area contributed by atoms with Crippen LogP contribution < -0.4 is 0 Å². The standard InChI is InChI=1S/C27H38N2O2.C4H4O4/c1-16(2)29-15-19-13-24-22(21-10-7-11-23(29)25(19)21)12-20(14-28(24)5)27(30)31-26-17(3)8-6-9-18(26)4;5-3(6)1-2-4(7)8/h7,10-11,15-18,20,22,24,26H,6,8-9,12-14H2,1-5H3;1-2H,(H,5,6)(H,7,8)/b;2-1-/t17?,18?,20-,22?,24?,26?;/m1./s1. The fourth-order valence-corrected chi connectivity index (χ4v) is 6.93. The number of esters is 1. The lowest BCUT2D eigenvalue weighted by Crippen LogP contribution is -2.50. The van der Waals surface area contributed by atoms with E-state index in [0.717, 1.165) is 19.4 Å². The Morgan fingerprint density at radius 1 is 1.05 bits per heavy atom. The van der Waals surface area contributed by atoms with Gasteiger partial charge in [0.25, 0.3) is 0 Å². The summed E-state index contributed by atoms with van der Waals surface area (Å²) in [6.07, 6.45) is 9.17. The number of fused-ring (bicyclic) bond motifs is 2. The molecule has 0 radical (unpaired) electrons. The molecule has 3 aliphatic rings. The van der Waals surface area contributed by atoms with Crippen molar-refractivity contribution < 1.29 is 29.3 Å². The topological polar surface area (TPSA) is 109 Å². The van der Waals surface area contributed by atoms with Crippen molar-refractivity contribution in [2.45, 2.75) is 83.9 Å². The van der Waals surface area contributed by atoms with Crippen molar-refractivity contribution in [1.82, 2.24) is 9.47 Å². The number of likely N-dealkylation sites (tertiary alicyclic amines) is 1. The van der Waals surface area contributed by atoms with Crippen molar-refractivity contribution in [3.05, 3.63) is 47.7 Å². The summed E-state index contributed by atoms with van der Waals surface area (Å²) in [5, 5.41) is 17.1. The van der Waals surface area contributed by atoms with Crippen LogP contribution in [0.25, 0.3) is 10.9 Å². The Morgan fingerprint density at radius 2 is 1.69 bits per heavy atom. The van der Waals surface area contributed by atoms with Crippen molar-refractivity contribution in [3.63, 3.8) is 0 Å². The molecule has 4 unspecified atom stereocenters.